The number of amides is 1. The summed E-state index contributed by atoms with van der Waals surface area (Å²) < 4.78 is 13.2. The maximum absolute atomic E-state index is 12.5. The third-order valence-corrected chi connectivity index (χ3v) is 4.78. The van der Waals surface area contributed by atoms with Gasteiger partial charge in [-0.3, -0.25) is 10.1 Å². The van der Waals surface area contributed by atoms with Crippen molar-refractivity contribution in [1.82, 2.24) is 14.8 Å². The van der Waals surface area contributed by atoms with Gasteiger partial charge in [0.15, 0.2) is 5.76 Å². The fourth-order valence-electron chi connectivity index (χ4n) is 3.28. The Morgan fingerprint density at radius 3 is 2.91 bits per heavy atom. The summed E-state index contributed by atoms with van der Waals surface area (Å²) in [5.74, 6) is 1.27. The zero-order valence-corrected chi connectivity index (χ0v) is 17.8. The smallest absolute Gasteiger partial charge is 0.293 e. The first-order valence-electron chi connectivity index (χ1n) is 10.3. The highest BCUT2D eigenvalue weighted by atomic mass is 16.5. The molecule has 0 fully saturated rings. The first-order valence-corrected chi connectivity index (χ1v) is 10.3. The highest BCUT2D eigenvalue weighted by Crippen LogP contribution is 2.21. The van der Waals surface area contributed by atoms with Crippen LogP contribution >= 0.6 is 0 Å². The van der Waals surface area contributed by atoms with Gasteiger partial charge in [-0.1, -0.05) is 54.1 Å². The molecule has 32 heavy (non-hydrogen) atoms. The van der Waals surface area contributed by atoms with Crippen LogP contribution in [0.2, 0.25) is 0 Å². The summed E-state index contributed by atoms with van der Waals surface area (Å²) in [4.78, 5) is 16.7. The number of hydrogen-bond donors (Lipinski definition) is 1. The van der Waals surface area contributed by atoms with Gasteiger partial charge in [0.25, 0.3) is 5.91 Å². The van der Waals surface area contributed by atoms with Crippen LogP contribution in [0.3, 0.4) is 0 Å². The molecule has 2 aromatic carbocycles. The summed E-state index contributed by atoms with van der Waals surface area (Å²) in [7, 11) is 0. The Morgan fingerprint density at radius 2 is 2.06 bits per heavy atom. The summed E-state index contributed by atoms with van der Waals surface area (Å²) in [6.45, 7) is 6.59. The predicted octanol–water partition coefficient (Wildman–Crippen LogP) is 4.79. The molecule has 2 aromatic heterocycles. The summed E-state index contributed by atoms with van der Waals surface area (Å²) in [6, 6.07) is 19.2. The summed E-state index contributed by atoms with van der Waals surface area (Å²) in [5, 5.41) is 6.97. The van der Waals surface area contributed by atoms with Gasteiger partial charge in [-0.15, -0.1) is 11.7 Å². The predicted molar refractivity (Wildman–Crippen MR) is 122 cm³/mol. The second-order valence-electron chi connectivity index (χ2n) is 7.36. The molecule has 0 bridgehead atoms. The van der Waals surface area contributed by atoms with E-state index in [2.05, 4.69) is 28.0 Å². The van der Waals surface area contributed by atoms with Gasteiger partial charge in [-0.2, -0.15) is 0 Å². The summed E-state index contributed by atoms with van der Waals surface area (Å²) in [6.07, 6.45) is 4.12. The van der Waals surface area contributed by atoms with Crippen molar-refractivity contribution in [2.24, 2.45) is 0 Å². The molecule has 0 unspecified atom stereocenters. The van der Waals surface area contributed by atoms with Gasteiger partial charge in [0.05, 0.1) is 6.54 Å². The molecule has 0 aliphatic heterocycles. The van der Waals surface area contributed by atoms with Crippen LogP contribution in [0.1, 0.15) is 33.0 Å². The van der Waals surface area contributed by atoms with E-state index in [4.69, 9.17) is 9.15 Å². The largest absolute Gasteiger partial charge is 0.485 e. The Bertz CT molecular complexity index is 1230. The molecule has 0 saturated heterocycles. The molecule has 0 aliphatic rings. The Balaban J connectivity index is 1.34. The number of furan rings is 1. The van der Waals surface area contributed by atoms with Crippen LogP contribution in [0.4, 0.5) is 5.95 Å². The van der Waals surface area contributed by atoms with Crippen LogP contribution in [0, 0.1) is 6.92 Å². The number of carbonyl (C=O) groups is 1. The Hall–Kier alpha value is -4.13. The van der Waals surface area contributed by atoms with E-state index in [-0.39, 0.29) is 18.3 Å². The summed E-state index contributed by atoms with van der Waals surface area (Å²) >= 11 is 0. The Kier molecular flexibility index (Phi) is 6.46. The number of allylic oxidation sites excluding steroid dienone is 1. The molecule has 0 atom stereocenters. The zero-order valence-electron chi connectivity index (χ0n) is 17.8. The molecule has 0 radical (unpaired) electrons. The first-order chi connectivity index (χ1) is 15.6. The minimum Gasteiger partial charge on any atom is -0.485 e. The van der Waals surface area contributed by atoms with Gasteiger partial charge in [-0.05, 0) is 42.7 Å². The van der Waals surface area contributed by atoms with Crippen molar-refractivity contribution in [3.63, 3.8) is 0 Å². The monoisotopic (exact) mass is 428 g/mol. The number of carbonyl (C=O) groups excluding carboxylic acids is 1. The second kappa shape index (κ2) is 9.78. The highest BCUT2D eigenvalue weighted by Gasteiger charge is 2.14. The first kappa shape index (κ1) is 21.1. The van der Waals surface area contributed by atoms with Gasteiger partial charge in [0.2, 0.25) is 5.95 Å². The van der Waals surface area contributed by atoms with Crippen LogP contribution in [0.25, 0.3) is 0 Å². The fourth-order valence-corrected chi connectivity index (χ4v) is 3.28. The van der Waals surface area contributed by atoms with E-state index in [0.717, 1.165) is 16.9 Å². The average molecular weight is 428 g/mol. The Morgan fingerprint density at radius 1 is 1.19 bits per heavy atom. The maximum atomic E-state index is 12.5. The number of aryl methyl sites for hydroxylation is 1. The number of nitrogens with one attached hydrogen (secondary N) is 1. The number of rotatable bonds is 9. The normalized spacial score (nSPS) is 10.7. The van der Waals surface area contributed by atoms with E-state index in [1.807, 2.05) is 55.5 Å². The van der Waals surface area contributed by atoms with Crippen LogP contribution in [0.5, 0.6) is 5.75 Å². The summed E-state index contributed by atoms with van der Waals surface area (Å²) in [5.41, 5.74) is 3.33. The number of aromatic nitrogens is 3. The number of benzene rings is 2. The second-order valence-corrected chi connectivity index (χ2v) is 7.36. The van der Waals surface area contributed by atoms with Crippen molar-refractivity contribution in [1.29, 1.82) is 0 Å². The van der Waals surface area contributed by atoms with Crippen molar-refractivity contribution < 1.29 is 13.9 Å². The lowest BCUT2D eigenvalue weighted by atomic mass is 10.1. The third-order valence-electron chi connectivity index (χ3n) is 4.78. The van der Waals surface area contributed by atoms with Crippen molar-refractivity contribution in [3.8, 4) is 5.75 Å². The number of para-hydroxylation sites is 1. The van der Waals surface area contributed by atoms with Crippen LogP contribution in [0.15, 0.2) is 84.1 Å². The number of hydrogen-bond acceptors (Lipinski definition) is 5. The third kappa shape index (κ3) is 5.31. The lowest BCUT2D eigenvalue weighted by molar-refractivity contribution is 0.0991. The Labute approximate surface area is 186 Å². The molecule has 4 aromatic rings. The minimum absolute atomic E-state index is 0.165. The molecule has 0 spiro atoms. The lowest BCUT2D eigenvalue weighted by Crippen LogP contribution is -2.12. The van der Waals surface area contributed by atoms with E-state index in [9.17, 15) is 4.79 Å². The quantitative estimate of drug-likeness (QED) is 0.388. The van der Waals surface area contributed by atoms with E-state index < -0.39 is 5.91 Å². The molecule has 0 saturated carbocycles. The van der Waals surface area contributed by atoms with E-state index in [1.165, 1.54) is 5.56 Å². The van der Waals surface area contributed by atoms with Gasteiger partial charge in [0, 0.05) is 0 Å². The fraction of sp³-hybridized carbons (Fsp3) is 0.160. The standard InChI is InChI=1S/C25H24N4O3/c1-3-7-20-10-4-5-11-22(20)31-16-21-12-13-23(32-21)24(30)27-25-26-17-29(28-25)15-19-9-6-8-18(2)14-19/h3-6,8-14,17H,1,7,15-16H2,2H3,(H,27,28,30). The molecule has 4 rings (SSSR count). The molecule has 7 heteroatoms. The van der Waals surface area contributed by atoms with Gasteiger partial charge in [-0.25, -0.2) is 9.67 Å². The van der Waals surface area contributed by atoms with E-state index in [1.54, 1.807) is 23.1 Å². The maximum Gasteiger partial charge on any atom is 0.293 e. The number of nitrogens with zero attached hydrogens (tertiary/aromatic N) is 3. The topological polar surface area (TPSA) is 82.2 Å². The van der Waals surface area contributed by atoms with Gasteiger partial charge >= 0.3 is 0 Å². The number of anilines is 1. The van der Waals surface area contributed by atoms with Crippen molar-refractivity contribution in [2.75, 3.05) is 5.32 Å². The van der Waals surface area contributed by atoms with Crippen molar-refractivity contribution in [2.45, 2.75) is 26.5 Å². The molecule has 0 aliphatic carbocycles. The SMILES string of the molecule is C=CCc1ccccc1OCc1ccc(C(=O)Nc2ncn(Cc3cccc(C)c3)n2)o1. The molecule has 1 amide bonds. The molecular weight excluding hydrogens is 404 g/mol. The van der Waals surface area contributed by atoms with Crippen LogP contribution in [-0.4, -0.2) is 20.7 Å². The highest BCUT2D eigenvalue weighted by molar-refractivity contribution is 6.01. The molecular formula is C25H24N4O3. The molecule has 2 heterocycles. The van der Waals surface area contributed by atoms with E-state index in [0.29, 0.717) is 18.7 Å². The zero-order chi connectivity index (χ0) is 22.3. The number of ether oxygens (including phenoxy) is 1. The van der Waals surface area contributed by atoms with Gasteiger partial charge < -0.3 is 9.15 Å². The van der Waals surface area contributed by atoms with Crippen LogP contribution in [-0.2, 0) is 19.6 Å². The van der Waals surface area contributed by atoms with Gasteiger partial charge in [0.1, 0.15) is 24.4 Å². The van der Waals surface area contributed by atoms with Crippen molar-refractivity contribution in [3.05, 3.63) is 108 Å². The lowest BCUT2D eigenvalue weighted by Gasteiger charge is -2.08. The molecule has 7 nitrogen and oxygen atoms in total. The van der Waals surface area contributed by atoms with Crippen molar-refractivity contribution >= 4 is 11.9 Å². The average Bonchev–Trinajstić information content (AvgIpc) is 3.43. The molecule has 162 valence electrons. The molecule has 1 N–H and O–H groups in total. The van der Waals surface area contributed by atoms with Crippen LogP contribution < -0.4 is 10.1 Å². The van der Waals surface area contributed by atoms with E-state index >= 15 is 0 Å². The minimum atomic E-state index is -0.420.